The summed E-state index contributed by atoms with van der Waals surface area (Å²) >= 11 is 1.89. The van der Waals surface area contributed by atoms with Gasteiger partial charge in [0.1, 0.15) is 6.29 Å². The lowest BCUT2D eigenvalue weighted by atomic mass is 10.3. The molecule has 8 heteroatoms. The number of hydrogen-bond acceptors (Lipinski definition) is 5. The molecule has 0 atom stereocenters. The monoisotopic (exact) mass is 356 g/mol. The number of aldehydes is 1. The lowest BCUT2D eigenvalue weighted by molar-refractivity contribution is -0.158. The van der Waals surface area contributed by atoms with E-state index < -0.39 is 11.9 Å². The highest BCUT2D eigenvalue weighted by molar-refractivity contribution is 14.1. The highest BCUT2D eigenvalue weighted by atomic mass is 127. The molecule has 0 heterocycles. The topological polar surface area (TPSA) is 102 Å². The number of hydrogen-bond donors (Lipinski definition) is 2. The van der Waals surface area contributed by atoms with E-state index in [0.717, 1.165) is 0 Å². The molecule has 17 heavy (non-hydrogen) atoms. The Morgan fingerprint density at radius 2 is 1.88 bits per heavy atom. The van der Waals surface area contributed by atoms with Crippen LogP contribution in [0.3, 0.4) is 0 Å². The molecule has 0 aromatic carbocycles. The molecule has 0 aromatic rings. The molecule has 7 nitrogen and oxygen atoms in total. The lowest BCUT2D eigenvalue weighted by Crippen LogP contribution is -2.30. The van der Waals surface area contributed by atoms with Gasteiger partial charge in [-0.25, -0.2) is 4.79 Å². The largest absolute Gasteiger partial charge is 0.355 e. The van der Waals surface area contributed by atoms with Gasteiger partial charge in [-0.05, 0) is 0 Å². The van der Waals surface area contributed by atoms with Crippen molar-refractivity contribution in [2.45, 2.75) is 19.3 Å². The van der Waals surface area contributed by atoms with Crippen molar-refractivity contribution in [2.75, 3.05) is 11.0 Å². The lowest BCUT2D eigenvalue weighted by Gasteiger charge is -2.05. The average molecular weight is 356 g/mol. The Labute approximate surface area is 112 Å². The zero-order valence-corrected chi connectivity index (χ0v) is 11.2. The minimum atomic E-state index is -0.654. The van der Waals surface area contributed by atoms with Crippen molar-refractivity contribution in [3.8, 4) is 0 Å². The van der Waals surface area contributed by atoms with Crippen LogP contribution < -0.4 is 10.8 Å². The molecule has 0 unspecified atom stereocenters. The first-order valence-corrected chi connectivity index (χ1v) is 6.37. The maximum Gasteiger partial charge on any atom is 0.334 e. The smallest absolute Gasteiger partial charge is 0.334 e. The fraction of sp³-hybridized carbons (Fsp3) is 0.556. The van der Waals surface area contributed by atoms with Gasteiger partial charge in [0.05, 0.1) is 10.8 Å². The van der Waals surface area contributed by atoms with Crippen LogP contribution in [0.25, 0.3) is 0 Å². The fourth-order valence-electron chi connectivity index (χ4n) is 0.757. The zero-order valence-electron chi connectivity index (χ0n) is 9.03. The Morgan fingerprint density at radius 3 is 2.47 bits per heavy atom. The first-order chi connectivity index (χ1) is 8.10. The molecule has 0 aliphatic carbocycles. The van der Waals surface area contributed by atoms with Crippen LogP contribution >= 0.6 is 22.6 Å². The summed E-state index contributed by atoms with van der Waals surface area (Å²) in [6.07, 6.45) is 0.620. The molecule has 0 radical (unpaired) electrons. The van der Waals surface area contributed by atoms with Gasteiger partial charge in [-0.15, -0.1) is 0 Å². The van der Waals surface area contributed by atoms with E-state index in [0.29, 0.717) is 10.7 Å². The number of carbonyl (C=O) groups is 4. The molecule has 0 aliphatic heterocycles. The summed E-state index contributed by atoms with van der Waals surface area (Å²) < 4.78 is 0.315. The van der Waals surface area contributed by atoms with Crippen molar-refractivity contribution in [1.82, 2.24) is 10.8 Å². The van der Waals surface area contributed by atoms with Gasteiger partial charge in [-0.2, -0.15) is 5.48 Å². The summed E-state index contributed by atoms with van der Waals surface area (Å²) in [5.41, 5.74) is 1.91. The van der Waals surface area contributed by atoms with Gasteiger partial charge >= 0.3 is 5.97 Å². The quantitative estimate of drug-likeness (QED) is 0.277. The van der Waals surface area contributed by atoms with Crippen molar-refractivity contribution >= 4 is 46.7 Å². The third-order valence-electron chi connectivity index (χ3n) is 1.54. The summed E-state index contributed by atoms with van der Waals surface area (Å²) in [4.78, 5) is 47.1. The van der Waals surface area contributed by atoms with E-state index in [9.17, 15) is 19.2 Å². The van der Waals surface area contributed by atoms with E-state index in [-0.39, 0.29) is 31.7 Å². The van der Waals surface area contributed by atoms with E-state index in [1.807, 2.05) is 28.1 Å². The molecule has 0 saturated carbocycles. The number of carbonyl (C=O) groups excluding carboxylic acids is 4. The Bertz CT molecular complexity index is 295. The van der Waals surface area contributed by atoms with E-state index >= 15 is 0 Å². The van der Waals surface area contributed by atoms with Crippen LogP contribution in [0.2, 0.25) is 0 Å². The Kier molecular flexibility index (Phi) is 9.30. The molecule has 0 aromatic heterocycles. The van der Waals surface area contributed by atoms with Gasteiger partial charge < -0.3 is 14.9 Å². The van der Waals surface area contributed by atoms with Gasteiger partial charge in [-0.3, -0.25) is 9.59 Å². The second kappa shape index (κ2) is 10.00. The maximum atomic E-state index is 11.0. The summed E-state index contributed by atoms with van der Waals surface area (Å²) in [5, 5.41) is 2.48. The summed E-state index contributed by atoms with van der Waals surface area (Å²) in [6, 6.07) is 0. The van der Waals surface area contributed by atoms with Crippen molar-refractivity contribution in [3.63, 3.8) is 0 Å². The molecule has 0 fully saturated rings. The molecule has 2 amide bonds. The molecule has 0 rings (SSSR count). The normalized spacial score (nSPS) is 9.24. The predicted octanol–water partition coefficient (Wildman–Crippen LogP) is -0.519. The van der Waals surface area contributed by atoms with Crippen molar-refractivity contribution in [2.24, 2.45) is 0 Å². The Balaban J connectivity index is 3.55. The number of hydroxylamine groups is 1. The second-order valence-electron chi connectivity index (χ2n) is 2.94. The van der Waals surface area contributed by atoms with Crippen LogP contribution in [0.1, 0.15) is 19.3 Å². The molecule has 0 spiro atoms. The van der Waals surface area contributed by atoms with Crippen LogP contribution in [0.15, 0.2) is 0 Å². The zero-order chi connectivity index (χ0) is 13.1. The highest BCUT2D eigenvalue weighted by Crippen LogP contribution is 1.87. The van der Waals surface area contributed by atoms with Crippen LogP contribution in [-0.2, 0) is 24.0 Å². The number of rotatable bonds is 7. The second-order valence-corrected chi connectivity index (χ2v) is 3.70. The van der Waals surface area contributed by atoms with Crippen LogP contribution in [-0.4, -0.2) is 35.0 Å². The first kappa shape index (κ1) is 15.8. The SMILES string of the molecule is O=CCCC(=O)NOC(=O)CCNC(=O)CI. The molecule has 2 N–H and O–H groups in total. The van der Waals surface area contributed by atoms with E-state index in [1.54, 1.807) is 0 Å². The average Bonchev–Trinajstić information content (AvgIpc) is 2.33. The minimum absolute atomic E-state index is 0.0254. The Hall–Kier alpha value is -1.19. The first-order valence-electron chi connectivity index (χ1n) is 4.85. The van der Waals surface area contributed by atoms with E-state index in [4.69, 9.17) is 0 Å². The molecular formula is C9H13IN2O5. The third kappa shape index (κ3) is 9.72. The number of nitrogens with one attached hydrogen (secondary N) is 2. The van der Waals surface area contributed by atoms with Gasteiger partial charge in [0.2, 0.25) is 5.91 Å². The number of alkyl halides is 1. The standard InChI is InChI=1S/C9H13IN2O5/c10-6-8(15)11-4-3-9(16)17-12-7(14)2-1-5-13/h5H,1-4,6H2,(H,11,15)(H,12,14). The van der Waals surface area contributed by atoms with E-state index in [2.05, 4.69) is 10.2 Å². The van der Waals surface area contributed by atoms with Crippen molar-refractivity contribution < 1.29 is 24.0 Å². The van der Waals surface area contributed by atoms with E-state index in [1.165, 1.54) is 0 Å². The number of halogens is 1. The van der Waals surface area contributed by atoms with Crippen molar-refractivity contribution in [1.29, 1.82) is 0 Å². The predicted molar refractivity (Wildman–Crippen MR) is 66.0 cm³/mol. The molecule has 0 aliphatic rings. The molecule has 0 saturated heterocycles. The molecule has 0 bridgehead atoms. The van der Waals surface area contributed by atoms with Crippen LogP contribution in [0.4, 0.5) is 0 Å². The van der Waals surface area contributed by atoms with Crippen LogP contribution in [0.5, 0.6) is 0 Å². The summed E-state index contributed by atoms with van der Waals surface area (Å²) in [6.45, 7) is 0.158. The minimum Gasteiger partial charge on any atom is -0.355 e. The van der Waals surface area contributed by atoms with Gasteiger partial charge in [-0.1, -0.05) is 22.6 Å². The maximum absolute atomic E-state index is 11.0. The van der Waals surface area contributed by atoms with Gasteiger partial charge in [0.25, 0.3) is 5.91 Å². The van der Waals surface area contributed by atoms with Gasteiger partial charge in [0, 0.05) is 19.4 Å². The number of amides is 2. The summed E-state index contributed by atoms with van der Waals surface area (Å²) in [7, 11) is 0. The highest BCUT2D eigenvalue weighted by Gasteiger charge is 2.07. The molecule has 96 valence electrons. The third-order valence-corrected chi connectivity index (χ3v) is 2.23. The summed E-state index contributed by atoms with van der Waals surface area (Å²) in [5.74, 6) is -1.37. The van der Waals surface area contributed by atoms with Crippen molar-refractivity contribution in [3.05, 3.63) is 0 Å². The van der Waals surface area contributed by atoms with Crippen LogP contribution in [0, 0.1) is 0 Å². The molecular weight excluding hydrogens is 343 g/mol. The van der Waals surface area contributed by atoms with Gasteiger partial charge in [0.15, 0.2) is 0 Å². The Morgan fingerprint density at radius 1 is 1.18 bits per heavy atom. The fourth-order valence-corrected chi connectivity index (χ4v) is 1.03.